The van der Waals surface area contributed by atoms with Crippen molar-refractivity contribution in [3.8, 4) is 0 Å². The molecule has 2 nitrogen and oxygen atoms in total. The fourth-order valence-corrected chi connectivity index (χ4v) is 3.39. The van der Waals surface area contributed by atoms with Crippen molar-refractivity contribution in [1.29, 1.82) is 0 Å². The van der Waals surface area contributed by atoms with Crippen molar-refractivity contribution < 1.29 is 9.47 Å². The SMILES string of the molecule is CC1=CC(C)C2(COC(CBr)OC2)C(C)C1. The zero-order chi connectivity index (χ0) is 11.8. The van der Waals surface area contributed by atoms with Crippen LogP contribution in [0.5, 0.6) is 0 Å². The molecule has 0 radical (unpaired) electrons. The first-order chi connectivity index (χ1) is 7.58. The minimum Gasteiger partial charge on any atom is -0.351 e. The van der Waals surface area contributed by atoms with E-state index in [9.17, 15) is 0 Å². The van der Waals surface area contributed by atoms with Gasteiger partial charge in [-0.05, 0) is 25.2 Å². The van der Waals surface area contributed by atoms with Crippen molar-refractivity contribution in [2.24, 2.45) is 17.3 Å². The summed E-state index contributed by atoms with van der Waals surface area (Å²) in [6.45, 7) is 8.50. The van der Waals surface area contributed by atoms with Gasteiger partial charge >= 0.3 is 0 Å². The molecular weight excluding hydrogens is 268 g/mol. The molecule has 0 bridgehead atoms. The Kier molecular flexibility index (Phi) is 3.77. The minimum atomic E-state index is -0.0583. The van der Waals surface area contributed by atoms with E-state index in [1.54, 1.807) is 0 Å². The standard InChI is InChI=1S/C13H21BrO2/c1-9-4-10(2)13(11(3)5-9)7-15-12(6-14)16-8-13/h4,10-12H,5-8H2,1-3H3. The van der Waals surface area contributed by atoms with Gasteiger partial charge in [0.2, 0.25) is 0 Å². The maximum Gasteiger partial charge on any atom is 0.167 e. The third-order valence-corrected chi connectivity index (χ3v) is 4.78. The van der Waals surface area contributed by atoms with Crippen LogP contribution in [0.1, 0.15) is 27.2 Å². The van der Waals surface area contributed by atoms with Gasteiger partial charge in [0, 0.05) is 5.41 Å². The van der Waals surface area contributed by atoms with E-state index in [-0.39, 0.29) is 11.7 Å². The van der Waals surface area contributed by atoms with Gasteiger partial charge in [-0.2, -0.15) is 0 Å². The van der Waals surface area contributed by atoms with Gasteiger partial charge in [-0.3, -0.25) is 0 Å². The molecule has 1 saturated heterocycles. The molecule has 16 heavy (non-hydrogen) atoms. The van der Waals surface area contributed by atoms with Crippen molar-refractivity contribution >= 4 is 15.9 Å². The van der Waals surface area contributed by atoms with E-state index in [0.29, 0.717) is 11.8 Å². The molecule has 0 saturated carbocycles. The number of allylic oxidation sites excluding steroid dienone is 2. The molecule has 0 aromatic rings. The molecule has 3 heteroatoms. The van der Waals surface area contributed by atoms with Gasteiger partial charge in [0.25, 0.3) is 0 Å². The second kappa shape index (κ2) is 4.79. The highest BCUT2D eigenvalue weighted by atomic mass is 79.9. The Morgan fingerprint density at radius 2 is 2.00 bits per heavy atom. The van der Waals surface area contributed by atoms with Gasteiger partial charge in [0.15, 0.2) is 6.29 Å². The second-order valence-corrected chi connectivity index (χ2v) is 5.99. The maximum atomic E-state index is 5.80. The van der Waals surface area contributed by atoms with E-state index in [1.807, 2.05) is 0 Å². The number of ether oxygens (including phenoxy) is 2. The van der Waals surface area contributed by atoms with Crippen LogP contribution in [0.4, 0.5) is 0 Å². The fourth-order valence-electron chi connectivity index (χ4n) is 3.02. The van der Waals surface area contributed by atoms with Gasteiger partial charge in [-0.15, -0.1) is 0 Å². The van der Waals surface area contributed by atoms with Crippen LogP contribution in [0, 0.1) is 17.3 Å². The van der Waals surface area contributed by atoms with Crippen LogP contribution in [0.15, 0.2) is 11.6 Å². The zero-order valence-electron chi connectivity index (χ0n) is 10.3. The summed E-state index contributed by atoms with van der Waals surface area (Å²) in [6, 6.07) is 0. The third kappa shape index (κ3) is 2.09. The molecule has 1 heterocycles. The predicted molar refractivity (Wildman–Crippen MR) is 68.6 cm³/mol. The highest BCUT2D eigenvalue weighted by Gasteiger charge is 2.46. The van der Waals surface area contributed by atoms with Crippen molar-refractivity contribution in [3.05, 3.63) is 11.6 Å². The summed E-state index contributed by atoms with van der Waals surface area (Å²) in [5.41, 5.74) is 1.70. The van der Waals surface area contributed by atoms with Gasteiger partial charge in [-0.1, -0.05) is 41.4 Å². The third-order valence-electron chi connectivity index (χ3n) is 4.25. The lowest BCUT2D eigenvalue weighted by atomic mass is 9.63. The number of rotatable bonds is 1. The Labute approximate surface area is 107 Å². The van der Waals surface area contributed by atoms with Gasteiger partial charge < -0.3 is 9.47 Å². The van der Waals surface area contributed by atoms with E-state index >= 15 is 0 Å². The zero-order valence-corrected chi connectivity index (χ0v) is 11.9. The number of hydrogen-bond donors (Lipinski definition) is 0. The van der Waals surface area contributed by atoms with Crippen LogP contribution in [-0.2, 0) is 9.47 Å². The second-order valence-electron chi connectivity index (χ2n) is 5.35. The van der Waals surface area contributed by atoms with E-state index in [0.717, 1.165) is 18.5 Å². The minimum absolute atomic E-state index is 0.0583. The fraction of sp³-hybridized carbons (Fsp3) is 0.846. The van der Waals surface area contributed by atoms with Crippen LogP contribution in [-0.4, -0.2) is 24.8 Å². The molecule has 0 amide bonds. The molecule has 0 N–H and O–H groups in total. The molecule has 1 fully saturated rings. The number of alkyl halides is 1. The molecule has 1 aliphatic heterocycles. The molecule has 0 aromatic carbocycles. The molecule has 0 aromatic heterocycles. The molecule has 1 spiro atoms. The number of halogens is 1. The lowest BCUT2D eigenvalue weighted by Crippen LogP contribution is -2.51. The quantitative estimate of drug-likeness (QED) is 0.544. The van der Waals surface area contributed by atoms with Crippen molar-refractivity contribution in [3.63, 3.8) is 0 Å². The van der Waals surface area contributed by atoms with Crippen LogP contribution >= 0.6 is 15.9 Å². The molecule has 2 rings (SSSR count). The summed E-state index contributed by atoms with van der Waals surface area (Å²) in [6.07, 6.45) is 3.51. The molecular formula is C13H21BrO2. The highest BCUT2D eigenvalue weighted by molar-refractivity contribution is 9.09. The number of hydrogen-bond acceptors (Lipinski definition) is 2. The Balaban J connectivity index is 2.13. The summed E-state index contributed by atoms with van der Waals surface area (Å²) >= 11 is 3.40. The van der Waals surface area contributed by atoms with E-state index < -0.39 is 0 Å². The molecule has 2 atom stereocenters. The average Bonchev–Trinajstić information content (AvgIpc) is 2.27. The van der Waals surface area contributed by atoms with Gasteiger partial charge in [0.1, 0.15) is 0 Å². The summed E-state index contributed by atoms with van der Waals surface area (Å²) in [5, 5.41) is 0.765. The molecule has 92 valence electrons. The molecule has 2 aliphatic rings. The normalized spacial score (nSPS) is 44.5. The van der Waals surface area contributed by atoms with Gasteiger partial charge in [-0.25, -0.2) is 0 Å². The summed E-state index contributed by atoms with van der Waals surface area (Å²) < 4.78 is 11.6. The van der Waals surface area contributed by atoms with E-state index in [4.69, 9.17) is 9.47 Å². The van der Waals surface area contributed by atoms with Crippen molar-refractivity contribution in [2.75, 3.05) is 18.5 Å². The Bertz CT molecular complexity index is 280. The van der Waals surface area contributed by atoms with Crippen LogP contribution in [0.25, 0.3) is 0 Å². The van der Waals surface area contributed by atoms with Crippen molar-refractivity contribution in [1.82, 2.24) is 0 Å². The van der Waals surface area contributed by atoms with Crippen LogP contribution < -0.4 is 0 Å². The molecule has 1 aliphatic carbocycles. The highest BCUT2D eigenvalue weighted by Crippen LogP contribution is 2.46. The first-order valence-corrected chi connectivity index (χ1v) is 7.17. The lowest BCUT2D eigenvalue weighted by molar-refractivity contribution is -0.239. The Morgan fingerprint density at radius 1 is 1.38 bits per heavy atom. The molecule has 2 unspecified atom stereocenters. The summed E-state index contributed by atoms with van der Waals surface area (Å²) in [4.78, 5) is 0. The van der Waals surface area contributed by atoms with E-state index in [1.165, 1.54) is 12.0 Å². The van der Waals surface area contributed by atoms with Crippen LogP contribution in [0.2, 0.25) is 0 Å². The summed E-state index contributed by atoms with van der Waals surface area (Å²) in [5.74, 6) is 1.19. The van der Waals surface area contributed by atoms with Crippen LogP contribution in [0.3, 0.4) is 0 Å². The Morgan fingerprint density at radius 3 is 2.50 bits per heavy atom. The smallest absolute Gasteiger partial charge is 0.167 e. The van der Waals surface area contributed by atoms with Crippen molar-refractivity contribution in [2.45, 2.75) is 33.5 Å². The lowest BCUT2D eigenvalue weighted by Gasteiger charge is -2.49. The maximum absolute atomic E-state index is 5.80. The van der Waals surface area contributed by atoms with E-state index in [2.05, 4.69) is 42.8 Å². The largest absolute Gasteiger partial charge is 0.351 e. The first-order valence-electron chi connectivity index (χ1n) is 6.05. The average molecular weight is 289 g/mol. The first kappa shape index (κ1) is 12.6. The van der Waals surface area contributed by atoms with Gasteiger partial charge in [0.05, 0.1) is 18.5 Å². The Hall–Kier alpha value is 0.140. The summed E-state index contributed by atoms with van der Waals surface area (Å²) in [7, 11) is 0. The predicted octanol–water partition coefficient (Wildman–Crippen LogP) is 3.36. The topological polar surface area (TPSA) is 18.5 Å². The monoisotopic (exact) mass is 288 g/mol.